The minimum absolute atomic E-state index is 0.103. The Balaban J connectivity index is 1.88. The molecule has 1 N–H and O–H groups in total. The second kappa shape index (κ2) is 4.10. The lowest BCUT2D eigenvalue weighted by Gasteiger charge is -2.39. The molecule has 2 aliphatic heterocycles. The number of nitrogens with zero attached hydrogens (tertiary/aromatic N) is 1. The molecule has 0 spiro atoms. The second-order valence-electron chi connectivity index (χ2n) is 5.24. The normalized spacial score (nSPS) is 31.6. The number of rotatable bonds is 2. The first-order valence-corrected chi connectivity index (χ1v) is 5.70. The summed E-state index contributed by atoms with van der Waals surface area (Å²) in [5.74, 6) is 0.129. The van der Waals surface area contributed by atoms with Crippen molar-refractivity contribution in [3.05, 3.63) is 0 Å². The van der Waals surface area contributed by atoms with Crippen LogP contribution in [0.3, 0.4) is 0 Å². The first-order chi connectivity index (χ1) is 7.05. The minimum atomic E-state index is -0.103. The van der Waals surface area contributed by atoms with Crippen LogP contribution in [-0.4, -0.2) is 48.7 Å². The van der Waals surface area contributed by atoms with Crippen molar-refractivity contribution >= 4 is 5.91 Å². The molecule has 1 atom stereocenters. The number of nitrogens with one attached hydrogen (secondary N) is 1. The van der Waals surface area contributed by atoms with Crippen LogP contribution in [-0.2, 0) is 9.53 Å². The Bertz CT molecular complexity index is 247. The molecular formula is C11H20N2O2. The average Bonchev–Trinajstić information content (AvgIpc) is 2.52. The fourth-order valence-corrected chi connectivity index (χ4v) is 2.48. The molecule has 0 radical (unpaired) electrons. The van der Waals surface area contributed by atoms with Gasteiger partial charge < -0.3 is 10.1 Å². The van der Waals surface area contributed by atoms with Gasteiger partial charge in [-0.05, 0) is 26.7 Å². The van der Waals surface area contributed by atoms with Crippen molar-refractivity contribution in [3.63, 3.8) is 0 Å². The summed E-state index contributed by atoms with van der Waals surface area (Å²) in [6, 6.07) is 0. The SMILES string of the molecule is CC1(C)CN(CC2CCCO2)CC(=O)N1. The highest BCUT2D eigenvalue weighted by atomic mass is 16.5. The summed E-state index contributed by atoms with van der Waals surface area (Å²) in [4.78, 5) is 13.7. The van der Waals surface area contributed by atoms with Crippen LogP contribution in [0.15, 0.2) is 0 Å². The topological polar surface area (TPSA) is 41.6 Å². The molecule has 4 nitrogen and oxygen atoms in total. The van der Waals surface area contributed by atoms with Gasteiger partial charge in [0.1, 0.15) is 0 Å². The van der Waals surface area contributed by atoms with E-state index in [1.54, 1.807) is 0 Å². The van der Waals surface area contributed by atoms with Gasteiger partial charge in [0.25, 0.3) is 0 Å². The van der Waals surface area contributed by atoms with Crippen LogP contribution in [0.4, 0.5) is 0 Å². The van der Waals surface area contributed by atoms with E-state index in [1.807, 2.05) is 0 Å². The molecule has 2 heterocycles. The standard InChI is InChI=1S/C11H20N2O2/c1-11(2)8-13(7-10(14)12-11)6-9-4-3-5-15-9/h9H,3-8H2,1-2H3,(H,12,14). The third-order valence-electron chi connectivity index (χ3n) is 2.95. The molecule has 0 aromatic rings. The summed E-state index contributed by atoms with van der Waals surface area (Å²) in [5, 5.41) is 2.99. The van der Waals surface area contributed by atoms with E-state index in [1.165, 1.54) is 0 Å². The smallest absolute Gasteiger partial charge is 0.234 e. The highest BCUT2D eigenvalue weighted by Gasteiger charge is 2.32. The number of hydrogen-bond acceptors (Lipinski definition) is 3. The van der Waals surface area contributed by atoms with Crippen LogP contribution in [0, 0.1) is 0 Å². The Morgan fingerprint density at radius 1 is 1.60 bits per heavy atom. The molecule has 1 amide bonds. The van der Waals surface area contributed by atoms with E-state index in [2.05, 4.69) is 24.1 Å². The molecule has 0 aromatic carbocycles. The molecule has 4 heteroatoms. The molecule has 2 rings (SSSR count). The number of carbonyl (C=O) groups excluding carboxylic acids is 1. The largest absolute Gasteiger partial charge is 0.377 e. The molecule has 86 valence electrons. The second-order valence-corrected chi connectivity index (χ2v) is 5.24. The van der Waals surface area contributed by atoms with Crippen molar-refractivity contribution in [3.8, 4) is 0 Å². The maximum absolute atomic E-state index is 11.5. The van der Waals surface area contributed by atoms with Crippen LogP contribution in [0.1, 0.15) is 26.7 Å². The highest BCUT2D eigenvalue weighted by Crippen LogP contribution is 2.16. The maximum atomic E-state index is 11.5. The van der Waals surface area contributed by atoms with E-state index < -0.39 is 0 Å². The Kier molecular flexibility index (Phi) is 2.98. The zero-order valence-electron chi connectivity index (χ0n) is 9.58. The van der Waals surface area contributed by atoms with Crippen molar-refractivity contribution < 1.29 is 9.53 Å². The molecule has 15 heavy (non-hydrogen) atoms. The molecule has 1 unspecified atom stereocenters. The van der Waals surface area contributed by atoms with Gasteiger partial charge in [-0.15, -0.1) is 0 Å². The summed E-state index contributed by atoms with van der Waals surface area (Å²) >= 11 is 0. The minimum Gasteiger partial charge on any atom is -0.377 e. The predicted molar refractivity (Wildman–Crippen MR) is 57.6 cm³/mol. The molecule has 0 aliphatic carbocycles. The Labute approximate surface area is 91.0 Å². The zero-order chi connectivity index (χ0) is 10.9. The van der Waals surface area contributed by atoms with Crippen LogP contribution in [0.2, 0.25) is 0 Å². The van der Waals surface area contributed by atoms with E-state index in [-0.39, 0.29) is 11.4 Å². The van der Waals surface area contributed by atoms with Crippen molar-refractivity contribution in [2.45, 2.75) is 38.3 Å². The van der Waals surface area contributed by atoms with E-state index in [0.29, 0.717) is 12.6 Å². The van der Waals surface area contributed by atoms with Crippen LogP contribution >= 0.6 is 0 Å². The van der Waals surface area contributed by atoms with Crippen molar-refractivity contribution in [2.75, 3.05) is 26.2 Å². The van der Waals surface area contributed by atoms with Crippen molar-refractivity contribution in [1.82, 2.24) is 10.2 Å². The van der Waals surface area contributed by atoms with E-state index in [9.17, 15) is 4.79 Å². The molecular weight excluding hydrogens is 192 g/mol. The lowest BCUT2D eigenvalue weighted by Crippen LogP contribution is -2.60. The van der Waals surface area contributed by atoms with E-state index in [4.69, 9.17) is 4.74 Å². The molecule has 2 saturated heterocycles. The van der Waals surface area contributed by atoms with Gasteiger partial charge in [-0.25, -0.2) is 0 Å². The van der Waals surface area contributed by atoms with Crippen molar-refractivity contribution in [2.24, 2.45) is 0 Å². The Morgan fingerprint density at radius 3 is 3.00 bits per heavy atom. The van der Waals surface area contributed by atoms with Gasteiger partial charge >= 0.3 is 0 Å². The summed E-state index contributed by atoms with van der Waals surface area (Å²) in [5.41, 5.74) is -0.103. The molecule has 0 bridgehead atoms. The van der Waals surface area contributed by atoms with Crippen LogP contribution < -0.4 is 5.32 Å². The Hall–Kier alpha value is -0.610. The first kappa shape index (κ1) is 10.9. The lowest BCUT2D eigenvalue weighted by atomic mass is 10.0. The highest BCUT2D eigenvalue weighted by molar-refractivity contribution is 5.79. The molecule has 0 saturated carbocycles. The summed E-state index contributed by atoms with van der Waals surface area (Å²) < 4.78 is 5.59. The maximum Gasteiger partial charge on any atom is 0.234 e. The summed E-state index contributed by atoms with van der Waals surface area (Å²) in [6.45, 7) is 7.34. The number of carbonyl (C=O) groups is 1. The van der Waals surface area contributed by atoms with Gasteiger partial charge in [0.2, 0.25) is 5.91 Å². The van der Waals surface area contributed by atoms with Gasteiger partial charge in [0, 0.05) is 25.2 Å². The van der Waals surface area contributed by atoms with Gasteiger partial charge in [-0.3, -0.25) is 9.69 Å². The molecule has 0 aromatic heterocycles. The molecule has 2 aliphatic rings. The number of ether oxygens (including phenoxy) is 1. The fraction of sp³-hybridized carbons (Fsp3) is 0.909. The van der Waals surface area contributed by atoms with Crippen molar-refractivity contribution in [1.29, 1.82) is 0 Å². The third-order valence-corrected chi connectivity index (χ3v) is 2.95. The first-order valence-electron chi connectivity index (χ1n) is 5.70. The van der Waals surface area contributed by atoms with E-state index in [0.717, 1.165) is 32.5 Å². The van der Waals surface area contributed by atoms with Gasteiger partial charge in [0.05, 0.1) is 12.6 Å². The average molecular weight is 212 g/mol. The quantitative estimate of drug-likeness (QED) is 0.719. The monoisotopic (exact) mass is 212 g/mol. The predicted octanol–water partition coefficient (Wildman–Crippen LogP) is 0.376. The van der Waals surface area contributed by atoms with Crippen LogP contribution in [0.25, 0.3) is 0 Å². The summed E-state index contributed by atoms with van der Waals surface area (Å²) in [6.07, 6.45) is 2.64. The number of piperazine rings is 1. The lowest BCUT2D eigenvalue weighted by molar-refractivity contribution is -0.127. The van der Waals surface area contributed by atoms with E-state index >= 15 is 0 Å². The van der Waals surface area contributed by atoms with Gasteiger partial charge in [0.15, 0.2) is 0 Å². The fourth-order valence-electron chi connectivity index (χ4n) is 2.48. The van der Waals surface area contributed by atoms with Gasteiger partial charge in [-0.1, -0.05) is 0 Å². The molecule has 2 fully saturated rings. The number of hydrogen-bond donors (Lipinski definition) is 1. The zero-order valence-corrected chi connectivity index (χ0v) is 9.58. The van der Waals surface area contributed by atoms with Gasteiger partial charge in [-0.2, -0.15) is 0 Å². The van der Waals surface area contributed by atoms with Crippen LogP contribution in [0.5, 0.6) is 0 Å². The Morgan fingerprint density at radius 2 is 2.40 bits per heavy atom. The summed E-state index contributed by atoms with van der Waals surface area (Å²) in [7, 11) is 0. The third kappa shape index (κ3) is 2.92. The number of amides is 1.